The molecule has 1 aromatic carbocycles. The highest BCUT2D eigenvalue weighted by Crippen LogP contribution is 2.37. The fourth-order valence-electron chi connectivity index (χ4n) is 4.54. The Morgan fingerprint density at radius 3 is 2.45 bits per heavy atom. The Balaban J connectivity index is 1.92. The Morgan fingerprint density at radius 2 is 1.85 bits per heavy atom. The molecule has 1 aliphatic heterocycles. The first kappa shape index (κ1) is 25.4. The molecule has 1 atom stereocenters. The van der Waals surface area contributed by atoms with E-state index in [1.807, 2.05) is 6.07 Å². The van der Waals surface area contributed by atoms with Crippen molar-refractivity contribution >= 4 is 40.1 Å². The van der Waals surface area contributed by atoms with Crippen molar-refractivity contribution < 1.29 is 4.79 Å². The third kappa shape index (κ3) is 6.87. The van der Waals surface area contributed by atoms with Gasteiger partial charge in [0.25, 0.3) is 5.91 Å². The van der Waals surface area contributed by atoms with Crippen LogP contribution in [0.4, 0.5) is 5.69 Å². The van der Waals surface area contributed by atoms with Crippen LogP contribution in [0.1, 0.15) is 65.1 Å². The van der Waals surface area contributed by atoms with Crippen molar-refractivity contribution in [2.45, 2.75) is 59.4 Å². The first-order chi connectivity index (χ1) is 15.6. The number of carbonyl (C=O) groups excluding carboxylic acids is 1. The number of amides is 1. The predicted octanol–water partition coefficient (Wildman–Crippen LogP) is 4.66. The van der Waals surface area contributed by atoms with Crippen LogP contribution >= 0.6 is 11.6 Å². The van der Waals surface area contributed by atoms with Crippen molar-refractivity contribution in [3.8, 4) is 0 Å². The van der Waals surface area contributed by atoms with Gasteiger partial charge in [-0.3, -0.25) is 9.69 Å². The molecule has 0 aliphatic carbocycles. The third-order valence-electron chi connectivity index (χ3n) is 6.30. The highest BCUT2D eigenvalue weighted by Gasteiger charge is 2.29. The fraction of sp³-hybridized carbons (Fsp3) is 0.600. The van der Waals surface area contributed by atoms with Gasteiger partial charge in [-0.25, -0.2) is 0 Å². The fourth-order valence-corrected chi connectivity index (χ4v) is 4.76. The van der Waals surface area contributed by atoms with E-state index in [1.165, 1.54) is 0 Å². The number of nitrogens with zero attached hydrogens (tertiary/aromatic N) is 3. The second kappa shape index (κ2) is 11.3. The van der Waals surface area contributed by atoms with Gasteiger partial charge in [-0.2, -0.15) is 4.99 Å². The number of hydrogen-bond acceptors (Lipinski definition) is 3. The van der Waals surface area contributed by atoms with Gasteiger partial charge in [-0.15, -0.1) is 0 Å². The van der Waals surface area contributed by atoms with Crippen LogP contribution in [-0.4, -0.2) is 47.9 Å². The van der Waals surface area contributed by atoms with E-state index in [9.17, 15) is 4.79 Å². The van der Waals surface area contributed by atoms with E-state index in [0.717, 1.165) is 72.6 Å². The molecular weight excluding hydrogens is 436 g/mol. The number of H-pyrrole nitrogens is 1. The average Bonchev–Trinajstić information content (AvgIpc) is 3.32. The summed E-state index contributed by atoms with van der Waals surface area (Å²) in [4.78, 5) is 24.2. The molecule has 1 aliphatic rings. The van der Waals surface area contributed by atoms with Crippen molar-refractivity contribution in [2.75, 3.05) is 31.1 Å². The number of guanidine groups is 1. The molecule has 7 nitrogen and oxygen atoms in total. The van der Waals surface area contributed by atoms with Crippen LogP contribution in [0.25, 0.3) is 10.9 Å². The Labute approximate surface area is 202 Å². The lowest BCUT2D eigenvalue weighted by Crippen LogP contribution is -2.31. The minimum atomic E-state index is -0.310. The molecule has 182 valence electrons. The summed E-state index contributed by atoms with van der Waals surface area (Å²) in [5.74, 6) is 0.768. The van der Waals surface area contributed by atoms with E-state index >= 15 is 0 Å². The SMILES string of the molecule is CC(C)CCN(CCC(C)C)c1cc(Cl)cc2cc([C@@H]3CCCN3CC(=O)N=C(N)N)[nH]c12. The summed E-state index contributed by atoms with van der Waals surface area (Å²) in [5, 5.41) is 1.85. The van der Waals surface area contributed by atoms with Gasteiger partial charge in [0, 0.05) is 29.2 Å². The lowest BCUT2D eigenvalue weighted by Gasteiger charge is -2.27. The highest BCUT2D eigenvalue weighted by molar-refractivity contribution is 6.32. The van der Waals surface area contributed by atoms with Gasteiger partial charge >= 0.3 is 0 Å². The number of carbonyl (C=O) groups is 1. The molecule has 0 unspecified atom stereocenters. The van der Waals surface area contributed by atoms with Crippen molar-refractivity contribution in [3.05, 3.63) is 28.9 Å². The molecule has 2 aromatic rings. The number of fused-ring (bicyclic) bond motifs is 1. The molecule has 0 spiro atoms. The highest BCUT2D eigenvalue weighted by atomic mass is 35.5. The van der Waals surface area contributed by atoms with Gasteiger partial charge in [0.2, 0.25) is 0 Å². The summed E-state index contributed by atoms with van der Waals surface area (Å²) in [5.41, 5.74) is 14.1. The van der Waals surface area contributed by atoms with Crippen molar-refractivity contribution in [3.63, 3.8) is 0 Å². The number of rotatable bonds is 10. The second-order valence-electron chi connectivity index (χ2n) is 10.0. The number of aromatic amines is 1. The van der Waals surface area contributed by atoms with Gasteiger partial charge < -0.3 is 21.4 Å². The van der Waals surface area contributed by atoms with Gasteiger partial charge in [0.15, 0.2) is 5.96 Å². The zero-order valence-electron chi connectivity index (χ0n) is 20.4. The minimum absolute atomic E-state index is 0.127. The zero-order valence-corrected chi connectivity index (χ0v) is 21.2. The summed E-state index contributed by atoms with van der Waals surface area (Å²) in [6.45, 7) is 12.1. The lowest BCUT2D eigenvalue weighted by atomic mass is 10.1. The summed E-state index contributed by atoms with van der Waals surface area (Å²) in [6.07, 6.45) is 4.26. The topological polar surface area (TPSA) is 104 Å². The summed E-state index contributed by atoms with van der Waals surface area (Å²) < 4.78 is 0. The molecule has 33 heavy (non-hydrogen) atoms. The minimum Gasteiger partial charge on any atom is -0.370 e. The van der Waals surface area contributed by atoms with E-state index in [4.69, 9.17) is 23.1 Å². The number of aliphatic imine (C=N–C) groups is 1. The molecule has 5 N–H and O–H groups in total. The van der Waals surface area contributed by atoms with E-state index < -0.39 is 0 Å². The summed E-state index contributed by atoms with van der Waals surface area (Å²) in [6, 6.07) is 6.41. The Hall–Kier alpha value is -2.25. The Kier molecular flexibility index (Phi) is 8.65. The number of likely N-dealkylation sites (tertiary alicyclic amines) is 1. The van der Waals surface area contributed by atoms with Gasteiger partial charge in [-0.1, -0.05) is 39.3 Å². The quantitative estimate of drug-likeness (QED) is 0.343. The Bertz CT molecular complexity index is 967. The standard InChI is InChI=1S/C25H39ClN6O/c1-16(2)7-10-31(11-8-17(3)4)22-14-19(26)12-18-13-20(29-24(18)22)21-6-5-9-32(21)15-23(33)30-25(27)28/h12-14,16-17,21,29H,5-11,15H2,1-4H3,(H4,27,28,30,33)/t21-/m0/s1. The number of hydrogen-bond donors (Lipinski definition) is 3. The van der Waals surface area contributed by atoms with E-state index in [0.29, 0.717) is 11.8 Å². The molecule has 8 heteroatoms. The van der Waals surface area contributed by atoms with E-state index in [2.05, 4.69) is 59.6 Å². The normalized spacial score (nSPS) is 16.8. The van der Waals surface area contributed by atoms with Crippen molar-refractivity contribution in [1.82, 2.24) is 9.88 Å². The molecule has 1 saturated heterocycles. The van der Waals surface area contributed by atoms with Crippen molar-refractivity contribution in [2.24, 2.45) is 28.3 Å². The zero-order chi connectivity index (χ0) is 24.1. The molecule has 0 radical (unpaired) electrons. The maximum Gasteiger partial charge on any atom is 0.263 e. The van der Waals surface area contributed by atoms with E-state index in [-0.39, 0.29) is 24.5 Å². The Morgan fingerprint density at radius 1 is 1.18 bits per heavy atom. The smallest absolute Gasteiger partial charge is 0.263 e. The van der Waals surface area contributed by atoms with Crippen LogP contribution in [0.2, 0.25) is 5.02 Å². The number of nitrogens with two attached hydrogens (primary N) is 2. The summed E-state index contributed by atoms with van der Waals surface area (Å²) in [7, 11) is 0. The van der Waals surface area contributed by atoms with Crippen LogP contribution in [0.15, 0.2) is 23.2 Å². The van der Waals surface area contributed by atoms with Crippen LogP contribution < -0.4 is 16.4 Å². The predicted molar refractivity (Wildman–Crippen MR) is 139 cm³/mol. The monoisotopic (exact) mass is 474 g/mol. The largest absolute Gasteiger partial charge is 0.370 e. The third-order valence-corrected chi connectivity index (χ3v) is 6.52. The second-order valence-corrected chi connectivity index (χ2v) is 10.5. The number of anilines is 1. The molecule has 1 amide bonds. The van der Waals surface area contributed by atoms with Crippen LogP contribution in [0, 0.1) is 11.8 Å². The molecule has 2 heterocycles. The van der Waals surface area contributed by atoms with E-state index in [1.54, 1.807) is 0 Å². The average molecular weight is 475 g/mol. The molecule has 0 saturated carbocycles. The van der Waals surface area contributed by atoms with Crippen LogP contribution in [-0.2, 0) is 4.79 Å². The summed E-state index contributed by atoms with van der Waals surface area (Å²) >= 11 is 6.57. The maximum absolute atomic E-state index is 12.2. The number of nitrogens with one attached hydrogen (secondary N) is 1. The number of aromatic nitrogens is 1. The van der Waals surface area contributed by atoms with Crippen LogP contribution in [0.5, 0.6) is 0 Å². The number of halogens is 1. The molecule has 1 fully saturated rings. The maximum atomic E-state index is 12.2. The first-order valence-corrected chi connectivity index (χ1v) is 12.5. The number of benzene rings is 1. The van der Waals surface area contributed by atoms with Gasteiger partial charge in [-0.05, 0) is 62.3 Å². The van der Waals surface area contributed by atoms with Gasteiger partial charge in [0.1, 0.15) is 0 Å². The lowest BCUT2D eigenvalue weighted by molar-refractivity contribution is -0.119. The molecule has 1 aromatic heterocycles. The first-order valence-electron chi connectivity index (χ1n) is 12.1. The molecular formula is C25H39ClN6O. The van der Waals surface area contributed by atoms with Gasteiger partial charge in [0.05, 0.1) is 23.8 Å². The van der Waals surface area contributed by atoms with Crippen molar-refractivity contribution in [1.29, 1.82) is 0 Å². The molecule has 3 rings (SSSR count). The molecule has 0 bridgehead atoms. The van der Waals surface area contributed by atoms with Crippen LogP contribution in [0.3, 0.4) is 0 Å².